The van der Waals surface area contributed by atoms with Gasteiger partial charge in [0.15, 0.2) is 0 Å². The van der Waals surface area contributed by atoms with Crippen LogP contribution < -0.4 is 9.84 Å². The second-order valence-corrected chi connectivity index (χ2v) is 10.2. The number of esters is 1. The number of ether oxygens (including phenoxy) is 1. The highest BCUT2D eigenvalue weighted by Gasteiger charge is 2.23. The molecule has 0 bridgehead atoms. The number of methoxy groups -OCH3 is 1. The largest absolute Gasteiger partial charge is 0.469 e. The predicted molar refractivity (Wildman–Crippen MR) is 151 cm³/mol. The summed E-state index contributed by atoms with van der Waals surface area (Å²) >= 11 is 0. The molecule has 1 N–H and O–H groups in total. The maximum atomic E-state index is 12.6. The fraction of sp³-hybridized carbons (Fsp3) is 0.267. The Morgan fingerprint density at radius 3 is 1.97 bits per heavy atom. The van der Waals surface area contributed by atoms with E-state index >= 15 is 0 Å². The van der Waals surface area contributed by atoms with Crippen molar-refractivity contribution in [3.05, 3.63) is 72.8 Å². The van der Waals surface area contributed by atoms with E-state index in [1.54, 1.807) is 0 Å². The highest BCUT2D eigenvalue weighted by atomic mass is 31.1. The Labute approximate surface area is 221 Å². The molecular weight excluding hydrogens is 501 g/mol. The van der Waals surface area contributed by atoms with Crippen LogP contribution in [0.5, 0.6) is 0 Å². The number of carbonyl (C=O) groups excluding carboxylic acids is 2. The second-order valence-electron chi connectivity index (χ2n) is 9.14. The van der Waals surface area contributed by atoms with Crippen LogP contribution >= 0.6 is 8.24 Å². The zero-order valence-corrected chi connectivity index (χ0v) is 22.3. The van der Waals surface area contributed by atoms with Gasteiger partial charge in [-0.15, -0.1) is 0 Å². The molecule has 1 unspecified atom stereocenters. The number of unbranched alkanes of at least 4 members (excludes halogenated alkanes) is 1. The molecule has 7 nitrogen and oxygen atoms in total. The lowest BCUT2D eigenvalue weighted by Crippen LogP contribution is -2.31. The number of amides is 1. The van der Waals surface area contributed by atoms with Gasteiger partial charge >= 0.3 is 14.2 Å². The molecule has 196 valence electrons. The van der Waals surface area contributed by atoms with Crippen LogP contribution in [0.3, 0.4) is 0 Å². The fourth-order valence-corrected chi connectivity index (χ4v) is 5.76. The first-order valence-electron chi connectivity index (χ1n) is 12.8. The van der Waals surface area contributed by atoms with Gasteiger partial charge in [-0.2, -0.15) is 0 Å². The van der Waals surface area contributed by atoms with Crippen LogP contribution in [-0.2, 0) is 14.3 Å². The summed E-state index contributed by atoms with van der Waals surface area (Å²) in [6.07, 6.45) is 0.958. The van der Waals surface area contributed by atoms with Gasteiger partial charge in [-0.1, -0.05) is 74.0 Å². The first-order chi connectivity index (χ1) is 18.6. The molecule has 1 atom stereocenters. The lowest BCUT2D eigenvalue weighted by Gasteiger charge is -2.14. The van der Waals surface area contributed by atoms with E-state index in [0.717, 1.165) is 45.2 Å². The zero-order chi connectivity index (χ0) is 26.5. The van der Waals surface area contributed by atoms with Crippen molar-refractivity contribution in [1.29, 1.82) is 0 Å². The van der Waals surface area contributed by atoms with Crippen molar-refractivity contribution >= 4 is 63.6 Å². The molecule has 1 aromatic heterocycles. The van der Waals surface area contributed by atoms with Crippen molar-refractivity contribution in [2.75, 3.05) is 13.7 Å². The summed E-state index contributed by atoms with van der Waals surface area (Å²) in [4.78, 5) is 24.7. The number of rotatable bonds is 9. The van der Waals surface area contributed by atoms with E-state index in [0.29, 0.717) is 17.7 Å². The average Bonchev–Trinajstić information content (AvgIpc) is 3.09. The molecule has 0 aliphatic heterocycles. The monoisotopic (exact) mass is 531 g/mol. The third kappa shape index (κ3) is 5.54. The van der Waals surface area contributed by atoms with Crippen molar-refractivity contribution in [2.45, 2.75) is 38.7 Å². The summed E-state index contributed by atoms with van der Waals surface area (Å²) in [5, 5.41) is 8.94. The maximum absolute atomic E-state index is 12.6. The zero-order valence-electron chi connectivity index (χ0n) is 21.4. The van der Waals surface area contributed by atoms with Crippen molar-refractivity contribution in [3.8, 4) is 0 Å². The van der Waals surface area contributed by atoms with Gasteiger partial charge in [-0.05, 0) is 40.1 Å². The van der Waals surface area contributed by atoms with Crippen LogP contribution in [-0.4, -0.2) is 31.6 Å². The SMILES string of the molecule is CCCCNC(=O)CC(CC(=O)OC)Op1oc2ccc3ccccc3c2c2c(ccc3ccccc32)o1. The number of carbonyl (C=O) groups is 2. The highest BCUT2D eigenvalue weighted by molar-refractivity contribution is 7.31. The molecule has 0 saturated heterocycles. The van der Waals surface area contributed by atoms with Crippen LogP contribution in [0, 0.1) is 0 Å². The van der Waals surface area contributed by atoms with E-state index < -0.39 is 20.3 Å². The first kappa shape index (κ1) is 25.8. The summed E-state index contributed by atoms with van der Waals surface area (Å²) in [5.41, 5.74) is 1.24. The Morgan fingerprint density at radius 2 is 1.42 bits per heavy atom. The second kappa shape index (κ2) is 11.7. The molecule has 1 heterocycles. The van der Waals surface area contributed by atoms with Crippen LogP contribution in [0.25, 0.3) is 43.5 Å². The van der Waals surface area contributed by atoms with Gasteiger partial charge in [0, 0.05) is 17.3 Å². The minimum Gasteiger partial charge on any atom is -0.469 e. The number of nitrogens with one attached hydrogen (secondary N) is 1. The van der Waals surface area contributed by atoms with Crippen LogP contribution in [0.2, 0.25) is 0 Å². The fourth-order valence-electron chi connectivity index (χ4n) is 4.61. The molecule has 0 saturated carbocycles. The molecule has 0 fully saturated rings. The van der Waals surface area contributed by atoms with Gasteiger partial charge in [0.05, 0.1) is 26.1 Å². The normalized spacial score (nSPS) is 12.2. The summed E-state index contributed by atoms with van der Waals surface area (Å²) in [5.74, 6) is -0.672. The molecule has 0 radical (unpaired) electrons. The lowest BCUT2D eigenvalue weighted by atomic mass is 9.99. The third-order valence-electron chi connectivity index (χ3n) is 6.50. The van der Waals surface area contributed by atoms with Crippen molar-refractivity contribution in [2.24, 2.45) is 0 Å². The van der Waals surface area contributed by atoms with E-state index in [2.05, 4.69) is 36.5 Å². The number of fused-ring (bicyclic) bond motifs is 7. The minimum absolute atomic E-state index is 0.0144. The van der Waals surface area contributed by atoms with E-state index in [1.165, 1.54) is 7.11 Å². The Hall–Kier alpha value is -3.80. The molecule has 0 aliphatic carbocycles. The summed E-state index contributed by atoms with van der Waals surface area (Å²) in [6.45, 7) is 2.63. The van der Waals surface area contributed by atoms with E-state index in [1.807, 2.05) is 48.5 Å². The topological polar surface area (TPSA) is 90.9 Å². The number of hydrogen-bond donors (Lipinski definition) is 1. The molecule has 5 aromatic rings. The Bertz CT molecular complexity index is 1560. The maximum Gasteiger partial charge on any atom is 0.387 e. The Kier molecular flexibility index (Phi) is 7.97. The van der Waals surface area contributed by atoms with E-state index in [4.69, 9.17) is 17.7 Å². The molecule has 8 heteroatoms. The Balaban J connectivity index is 1.67. The lowest BCUT2D eigenvalue weighted by molar-refractivity contribution is -0.142. The van der Waals surface area contributed by atoms with Gasteiger partial charge in [-0.3, -0.25) is 14.1 Å². The Morgan fingerprint density at radius 1 is 0.842 bits per heavy atom. The highest BCUT2D eigenvalue weighted by Crippen LogP contribution is 2.40. The van der Waals surface area contributed by atoms with Crippen LogP contribution in [0.1, 0.15) is 32.6 Å². The van der Waals surface area contributed by atoms with Gasteiger partial charge in [0.2, 0.25) is 5.91 Å². The van der Waals surface area contributed by atoms with E-state index in [9.17, 15) is 9.59 Å². The van der Waals surface area contributed by atoms with Crippen LogP contribution in [0.4, 0.5) is 0 Å². The molecule has 0 spiro atoms. The van der Waals surface area contributed by atoms with E-state index in [-0.39, 0.29) is 18.7 Å². The third-order valence-corrected chi connectivity index (χ3v) is 7.66. The predicted octanol–water partition coefficient (Wildman–Crippen LogP) is 7.26. The molecule has 1 amide bonds. The molecule has 0 aliphatic rings. The molecule has 5 rings (SSSR count). The van der Waals surface area contributed by atoms with Crippen molar-refractivity contribution in [3.63, 3.8) is 0 Å². The number of hydrogen-bond acceptors (Lipinski definition) is 6. The summed E-state index contributed by atoms with van der Waals surface area (Å²) in [7, 11) is -0.679. The summed E-state index contributed by atoms with van der Waals surface area (Å²) in [6, 6.07) is 24.1. The summed E-state index contributed by atoms with van der Waals surface area (Å²) < 4.78 is 23.8. The molecule has 38 heavy (non-hydrogen) atoms. The van der Waals surface area contributed by atoms with Crippen LogP contribution in [0.15, 0.2) is 81.2 Å². The van der Waals surface area contributed by atoms with Crippen molar-refractivity contribution < 1.29 is 27.2 Å². The first-order valence-corrected chi connectivity index (χ1v) is 13.9. The van der Waals surface area contributed by atoms with Gasteiger partial charge in [0.1, 0.15) is 11.2 Å². The van der Waals surface area contributed by atoms with Gasteiger partial charge in [-0.25, -0.2) is 0 Å². The quantitative estimate of drug-likeness (QED) is 0.159. The van der Waals surface area contributed by atoms with Crippen molar-refractivity contribution in [1.82, 2.24) is 5.32 Å². The minimum atomic E-state index is -1.99. The van der Waals surface area contributed by atoms with Gasteiger partial charge < -0.3 is 18.4 Å². The average molecular weight is 532 g/mol. The molecular formula is C30H30NO6P. The number of benzene rings is 4. The van der Waals surface area contributed by atoms with Gasteiger partial charge in [0.25, 0.3) is 0 Å². The smallest absolute Gasteiger partial charge is 0.387 e. The molecule has 4 aromatic carbocycles. The standard InChI is InChI=1S/C30H30NO6P/c1-3-4-17-31-27(32)18-22(19-28(33)34-2)35-38-36-25-15-13-20-9-5-7-11-23(20)29(25)30-24-12-8-6-10-21(24)14-16-26(30)37-38/h5-16,22H,3-4,17-19H2,1-2H3,(H,31,32).